The fourth-order valence-corrected chi connectivity index (χ4v) is 2.56. The van der Waals surface area contributed by atoms with Gasteiger partial charge in [-0.3, -0.25) is 10.1 Å². The molecule has 118 valence electrons. The molecular weight excluding hydrogens is 324 g/mol. The molecule has 23 heavy (non-hydrogen) atoms. The van der Waals surface area contributed by atoms with E-state index in [-0.39, 0.29) is 16.1 Å². The lowest BCUT2D eigenvalue weighted by Crippen LogP contribution is -2.00. The highest BCUT2D eigenvalue weighted by Crippen LogP contribution is 2.19. The monoisotopic (exact) mass is 334 g/mol. The van der Waals surface area contributed by atoms with Gasteiger partial charge in [-0.05, 0) is 23.8 Å². The molecule has 0 radical (unpaired) electrons. The molecule has 0 saturated heterocycles. The number of rotatable bonds is 5. The van der Waals surface area contributed by atoms with E-state index < -0.39 is 20.9 Å². The first kappa shape index (κ1) is 16.3. The SMILES string of the molecule is O=C(O)c1ccc(C=NS(=O)(=O)c2cccc([N+](=O)[O-])c2)cc1. The number of nitrogens with zero attached hydrogens (tertiary/aromatic N) is 2. The number of carboxylic acid groups (broad SMARTS) is 1. The van der Waals surface area contributed by atoms with Crippen molar-refractivity contribution in [2.24, 2.45) is 4.40 Å². The molecule has 9 heteroatoms. The number of hydrogen-bond donors (Lipinski definition) is 1. The summed E-state index contributed by atoms with van der Waals surface area (Å²) in [5, 5.41) is 19.4. The minimum atomic E-state index is -4.09. The van der Waals surface area contributed by atoms with Gasteiger partial charge in [0.1, 0.15) is 0 Å². The van der Waals surface area contributed by atoms with Crippen LogP contribution in [-0.2, 0) is 10.0 Å². The zero-order valence-corrected chi connectivity index (χ0v) is 12.3. The molecule has 2 aromatic carbocycles. The van der Waals surface area contributed by atoms with Crippen LogP contribution >= 0.6 is 0 Å². The molecule has 0 amide bonds. The van der Waals surface area contributed by atoms with Crippen LogP contribution in [0.5, 0.6) is 0 Å². The van der Waals surface area contributed by atoms with E-state index in [0.29, 0.717) is 5.56 Å². The predicted molar refractivity (Wildman–Crippen MR) is 81.3 cm³/mol. The van der Waals surface area contributed by atoms with E-state index in [4.69, 9.17) is 5.11 Å². The summed E-state index contributed by atoms with van der Waals surface area (Å²) in [6, 6.07) is 9.96. The number of hydrogen-bond acceptors (Lipinski definition) is 5. The van der Waals surface area contributed by atoms with E-state index in [2.05, 4.69) is 4.40 Å². The van der Waals surface area contributed by atoms with Crippen LogP contribution in [0.15, 0.2) is 57.8 Å². The first-order valence-electron chi connectivity index (χ1n) is 6.18. The van der Waals surface area contributed by atoms with Crippen molar-refractivity contribution in [3.63, 3.8) is 0 Å². The van der Waals surface area contributed by atoms with Gasteiger partial charge in [0.05, 0.1) is 15.4 Å². The molecule has 2 rings (SSSR count). The molecule has 0 aliphatic carbocycles. The average molecular weight is 334 g/mol. The van der Waals surface area contributed by atoms with E-state index in [0.717, 1.165) is 12.3 Å². The fourth-order valence-electron chi connectivity index (χ4n) is 1.66. The zero-order valence-electron chi connectivity index (χ0n) is 11.5. The Morgan fingerprint density at radius 3 is 2.39 bits per heavy atom. The lowest BCUT2D eigenvalue weighted by molar-refractivity contribution is -0.385. The first-order chi connectivity index (χ1) is 10.8. The summed E-state index contributed by atoms with van der Waals surface area (Å²) in [6.45, 7) is 0. The molecular formula is C14H10N2O6S. The topological polar surface area (TPSA) is 127 Å². The number of aromatic carboxylic acids is 1. The number of carbonyl (C=O) groups is 1. The summed E-state index contributed by atoms with van der Waals surface area (Å²) in [6.07, 6.45) is 1.04. The summed E-state index contributed by atoms with van der Waals surface area (Å²) >= 11 is 0. The molecule has 0 aromatic heterocycles. The highest BCUT2D eigenvalue weighted by molar-refractivity contribution is 7.90. The van der Waals surface area contributed by atoms with E-state index >= 15 is 0 Å². The smallest absolute Gasteiger partial charge is 0.335 e. The maximum absolute atomic E-state index is 12.0. The molecule has 0 aliphatic rings. The average Bonchev–Trinajstić information content (AvgIpc) is 2.53. The quantitative estimate of drug-likeness (QED) is 0.507. The Kier molecular flexibility index (Phi) is 4.51. The standard InChI is InChI=1S/C14H10N2O6S/c17-14(18)11-6-4-10(5-7-11)9-15-23(21,22)13-3-1-2-12(8-13)16(19)20/h1-9H,(H,17,18). The van der Waals surface area contributed by atoms with Crippen LogP contribution in [-0.4, -0.2) is 30.6 Å². The summed E-state index contributed by atoms with van der Waals surface area (Å²) in [7, 11) is -4.09. The predicted octanol–water partition coefficient (Wildman–Crippen LogP) is 2.10. The van der Waals surface area contributed by atoms with Crippen LogP contribution in [0.1, 0.15) is 15.9 Å². The lowest BCUT2D eigenvalue weighted by atomic mass is 10.1. The third kappa shape index (κ3) is 3.98. The normalized spacial score (nSPS) is 11.5. The van der Waals surface area contributed by atoms with Gasteiger partial charge < -0.3 is 5.11 Å². The van der Waals surface area contributed by atoms with Gasteiger partial charge in [0, 0.05) is 18.3 Å². The van der Waals surface area contributed by atoms with Crippen molar-refractivity contribution in [1.82, 2.24) is 0 Å². The highest BCUT2D eigenvalue weighted by atomic mass is 32.2. The number of benzene rings is 2. The van der Waals surface area contributed by atoms with Crippen molar-refractivity contribution in [3.8, 4) is 0 Å². The van der Waals surface area contributed by atoms with Crippen LogP contribution in [0.4, 0.5) is 5.69 Å². The minimum Gasteiger partial charge on any atom is -0.478 e. The van der Waals surface area contributed by atoms with Crippen LogP contribution in [0.3, 0.4) is 0 Å². The van der Waals surface area contributed by atoms with Crippen LogP contribution in [0, 0.1) is 10.1 Å². The molecule has 0 unspecified atom stereocenters. The molecule has 0 fully saturated rings. The van der Waals surface area contributed by atoms with E-state index in [9.17, 15) is 23.3 Å². The van der Waals surface area contributed by atoms with Gasteiger partial charge >= 0.3 is 5.97 Å². The van der Waals surface area contributed by atoms with Gasteiger partial charge in [-0.25, -0.2) is 4.79 Å². The number of sulfonamides is 1. The first-order valence-corrected chi connectivity index (χ1v) is 7.62. The number of nitro benzene ring substituents is 1. The van der Waals surface area contributed by atoms with Crippen molar-refractivity contribution in [2.75, 3.05) is 0 Å². The molecule has 0 heterocycles. The Morgan fingerprint density at radius 2 is 1.83 bits per heavy atom. The fraction of sp³-hybridized carbons (Fsp3) is 0. The number of carboxylic acids is 1. The van der Waals surface area contributed by atoms with Crippen LogP contribution in [0.2, 0.25) is 0 Å². The molecule has 8 nitrogen and oxygen atoms in total. The molecule has 1 N–H and O–H groups in total. The van der Waals surface area contributed by atoms with Crippen molar-refractivity contribution < 1.29 is 23.2 Å². The van der Waals surface area contributed by atoms with Crippen LogP contribution in [0.25, 0.3) is 0 Å². The third-order valence-corrected chi connectivity index (χ3v) is 4.06. The maximum Gasteiger partial charge on any atom is 0.335 e. The second kappa shape index (κ2) is 6.36. The third-order valence-electron chi connectivity index (χ3n) is 2.82. The van der Waals surface area contributed by atoms with Gasteiger partial charge in [-0.2, -0.15) is 12.8 Å². The Balaban J connectivity index is 2.28. The minimum absolute atomic E-state index is 0.0590. The Hall–Kier alpha value is -3.07. The van der Waals surface area contributed by atoms with Gasteiger partial charge in [0.25, 0.3) is 15.7 Å². The van der Waals surface area contributed by atoms with Gasteiger partial charge in [-0.15, -0.1) is 0 Å². The Bertz CT molecular complexity index is 888. The van der Waals surface area contributed by atoms with Gasteiger partial charge in [-0.1, -0.05) is 18.2 Å². The second-order valence-electron chi connectivity index (χ2n) is 4.39. The largest absolute Gasteiger partial charge is 0.478 e. The second-order valence-corrected chi connectivity index (χ2v) is 6.02. The van der Waals surface area contributed by atoms with E-state index in [1.54, 1.807) is 0 Å². The van der Waals surface area contributed by atoms with Gasteiger partial charge in [0.2, 0.25) is 0 Å². The molecule has 0 bridgehead atoms. The summed E-state index contributed by atoms with van der Waals surface area (Å²) in [4.78, 5) is 20.4. The molecule has 0 aliphatic heterocycles. The van der Waals surface area contributed by atoms with Crippen molar-refractivity contribution in [2.45, 2.75) is 4.90 Å². The van der Waals surface area contributed by atoms with Crippen molar-refractivity contribution in [1.29, 1.82) is 0 Å². The van der Waals surface area contributed by atoms with E-state index in [1.165, 1.54) is 42.5 Å². The maximum atomic E-state index is 12.0. The number of nitro groups is 1. The number of non-ortho nitro benzene ring substituents is 1. The van der Waals surface area contributed by atoms with Crippen molar-refractivity contribution in [3.05, 3.63) is 69.8 Å². The Labute approximate surface area is 130 Å². The molecule has 0 spiro atoms. The van der Waals surface area contributed by atoms with Crippen molar-refractivity contribution >= 4 is 27.9 Å². The summed E-state index contributed by atoms with van der Waals surface area (Å²) in [5.41, 5.74) is 0.0831. The van der Waals surface area contributed by atoms with Gasteiger partial charge in [0.15, 0.2) is 0 Å². The zero-order chi connectivity index (χ0) is 17.0. The molecule has 0 saturated carbocycles. The molecule has 2 aromatic rings. The summed E-state index contributed by atoms with van der Waals surface area (Å²) in [5.74, 6) is -1.10. The molecule has 0 atom stereocenters. The van der Waals surface area contributed by atoms with E-state index in [1.807, 2.05) is 0 Å². The van der Waals surface area contributed by atoms with Crippen LogP contribution < -0.4 is 0 Å². The highest BCUT2D eigenvalue weighted by Gasteiger charge is 2.16. The lowest BCUT2D eigenvalue weighted by Gasteiger charge is -1.99. The Morgan fingerprint density at radius 1 is 1.17 bits per heavy atom. The summed E-state index contributed by atoms with van der Waals surface area (Å²) < 4.78 is 27.5.